The summed E-state index contributed by atoms with van der Waals surface area (Å²) in [5, 5.41) is 2.77. The maximum absolute atomic E-state index is 2.55. The molecule has 10 rings (SSSR count). The summed E-state index contributed by atoms with van der Waals surface area (Å²) >= 11 is 1.90. The van der Waals surface area contributed by atoms with E-state index in [9.17, 15) is 0 Å². The molecule has 0 bridgehead atoms. The van der Waals surface area contributed by atoms with Gasteiger partial charge in [-0.05, 0) is 152 Å². The van der Waals surface area contributed by atoms with Crippen LogP contribution < -0.4 is 9.80 Å². The Morgan fingerprint density at radius 2 is 0.981 bits per heavy atom. The first kappa shape index (κ1) is 31.1. The van der Waals surface area contributed by atoms with E-state index in [4.69, 9.17) is 0 Å². The SMILES string of the molecule is Cc1cccc2sc3ccc(N(c4ccccc4)c4ccc5c(c4)[C@]4(CCc6ccc(N(c7ccccc7)c7ccccc7)cc64)CC5)c(C)c3c12. The molecule has 1 atom stereocenters. The molecule has 0 saturated heterocycles. The lowest BCUT2D eigenvalue weighted by Crippen LogP contribution is -2.22. The Bertz CT molecular complexity index is 2560. The van der Waals surface area contributed by atoms with E-state index in [1.165, 1.54) is 87.7 Å². The summed E-state index contributed by atoms with van der Waals surface area (Å²) in [6.07, 6.45) is 4.51. The second-order valence-electron chi connectivity index (χ2n) is 14.6. The zero-order valence-electron chi connectivity index (χ0n) is 29.6. The molecule has 0 radical (unpaired) electrons. The number of rotatable bonds is 6. The Kier molecular flexibility index (Phi) is 7.33. The topological polar surface area (TPSA) is 6.48 Å². The third kappa shape index (κ3) is 4.83. The third-order valence-corrected chi connectivity index (χ3v) is 12.9. The van der Waals surface area contributed by atoms with E-state index in [0.717, 1.165) is 25.7 Å². The van der Waals surface area contributed by atoms with Crippen LogP contribution in [0.15, 0.2) is 158 Å². The van der Waals surface area contributed by atoms with Crippen LogP contribution in [0.5, 0.6) is 0 Å². The van der Waals surface area contributed by atoms with Crippen molar-refractivity contribution in [3.8, 4) is 0 Å². The van der Waals surface area contributed by atoms with Gasteiger partial charge in [0.2, 0.25) is 0 Å². The van der Waals surface area contributed by atoms with Crippen LogP contribution in [0.3, 0.4) is 0 Å². The first-order chi connectivity index (χ1) is 25.6. The molecule has 0 N–H and O–H groups in total. The molecule has 2 nitrogen and oxygen atoms in total. The highest BCUT2D eigenvalue weighted by molar-refractivity contribution is 7.25. The van der Waals surface area contributed by atoms with Crippen molar-refractivity contribution in [1.29, 1.82) is 0 Å². The van der Waals surface area contributed by atoms with Gasteiger partial charge in [-0.25, -0.2) is 0 Å². The standard InChI is InChI=1S/C49H40N2S/c1-33-13-12-20-45-47(33)48-34(2)44(25-26-46(48)52-45)51(39-18-10-5-11-19-39)41-24-22-36-28-30-49(43(36)32-41)29-27-35-21-23-40(31-42(35)49)50(37-14-6-3-7-15-37)38-16-8-4-9-17-38/h3-26,31-32H,27-30H2,1-2H3/t49-/m1/s1. The normalized spacial score (nSPS) is 16.0. The van der Waals surface area contributed by atoms with Gasteiger partial charge in [0.25, 0.3) is 0 Å². The molecule has 1 spiro atoms. The molecule has 0 fully saturated rings. The van der Waals surface area contributed by atoms with Crippen molar-refractivity contribution in [2.24, 2.45) is 0 Å². The quantitative estimate of drug-likeness (QED) is 0.172. The smallest absolute Gasteiger partial charge is 0.0498 e. The molecule has 1 heterocycles. The van der Waals surface area contributed by atoms with Crippen molar-refractivity contribution >= 4 is 65.6 Å². The second-order valence-corrected chi connectivity index (χ2v) is 15.7. The zero-order chi connectivity index (χ0) is 34.8. The molecular formula is C49H40N2S. The molecule has 8 aromatic rings. The molecule has 2 aliphatic carbocycles. The Labute approximate surface area is 310 Å². The average molecular weight is 689 g/mol. The largest absolute Gasteiger partial charge is 0.310 e. The number of benzene rings is 7. The van der Waals surface area contributed by atoms with Crippen LogP contribution in [0.4, 0.5) is 34.1 Å². The summed E-state index contributed by atoms with van der Waals surface area (Å²) in [4.78, 5) is 4.91. The summed E-state index contributed by atoms with van der Waals surface area (Å²) < 4.78 is 2.71. The fourth-order valence-electron chi connectivity index (χ4n) is 9.32. The van der Waals surface area contributed by atoms with E-state index < -0.39 is 0 Å². The van der Waals surface area contributed by atoms with Gasteiger partial charge in [0.1, 0.15) is 0 Å². The van der Waals surface area contributed by atoms with E-state index in [-0.39, 0.29) is 5.41 Å². The van der Waals surface area contributed by atoms with Crippen LogP contribution in [-0.2, 0) is 18.3 Å². The number of fused-ring (bicyclic) bond motifs is 7. The van der Waals surface area contributed by atoms with Gasteiger partial charge in [-0.1, -0.05) is 78.9 Å². The molecular weight excluding hydrogens is 649 g/mol. The van der Waals surface area contributed by atoms with Gasteiger partial charge in [0, 0.05) is 59.7 Å². The molecule has 0 saturated carbocycles. The van der Waals surface area contributed by atoms with Crippen molar-refractivity contribution in [2.75, 3.05) is 9.80 Å². The number of hydrogen-bond acceptors (Lipinski definition) is 3. The summed E-state index contributed by atoms with van der Waals surface area (Å²) in [7, 11) is 0. The molecule has 1 aromatic heterocycles. The van der Waals surface area contributed by atoms with Crippen LogP contribution in [0.1, 0.15) is 46.2 Å². The fraction of sp³-hybridized carbons (Fsp3) is 0.143. The van der Waals surface area contributed by atoms with Gasteiger partial charge >= 0.3 is 0 Å². The van der Waals surface area contributed by atoms with E-state index >= 15 is 0 Å². The minimum Gasteiger partial charge on any atom is -0.310 e. The van der Waals surface area contributed by atoms with E-state index in [2.05, 4.69) is 181 Å². The number of thiophene rings is 1. The first-order valence-corrected chi connectivity index (χ1v) is 19.3. The summed E-state index contributed by atoms with van der Waals surface area (Å²) in [6, 6.07) is 58.5. The van der Waals surface area contributed by atoms with Crippen molar-refractivity contribution < 1.29 is 0 Å². The lowest BCUT2D eigenvalue weighted by atomic mass is 9.76. The van der Waals surface area contributed by atoms with E-state index in [0.29, 0.717) is 0 Å². The predicted octanol–water partition coefficient (Wildman–Crippen LogP) is 13.8. The maximum atomic E-state index is 2.55. The van der Waals surface area contributed by atoms with Gasteiger partial charge in [-0.2, -0.15) is 0 Å². The molecule has 0 amide bonds. The van der Waals surface area contributed by atoms with Crippen molar-refractivity contribution in [3.63, 3.8) is 0 Å². The van der Waals surface area contributed by atoms with Gasteiger partial charge in [-0.3, -0.25) is 0 Å². The monoisotopic (exact) mass is 688 g/mol. The number of nitrogens with zero attached hydrogens (tertiary/aromatic N) is 2. The molecule has 2 aliphatic rings. The first-order valence-electron chi connectivity index (χ1n) is 18.5. The summed E-state index contributed by atoms with van der Waals surface area (Å²) in [5.74, 6) is 0. The number of hydrogen-bond donors (Lipinski definition) is 0. The van der Waals surface area contributed by atoms with Gasteiger partial charge in [0.05, 0.1) is 0 Å². The molecule has 3 heteroatoms. The fourth-order valence-corrected chi connectivity index (χ4v) is 10.6. The maximum Gasteiger partial charge on any atom is 0.0498 e. The van der Waals surface area contributed by atoms with Crippen LogP contribution >= 0.6 is 11.3 Å². The van der Waals surface area contributed by atoms with Crippen LogP contribution in [0.25, 0.3) is 20.2 Å². The highest BCUT2D eigenvalue weighted by Gasteiger charge is 2.45. The molecule has 0 aliphatic heterocycles. The average Bonchev–Trinajstić information content (AvgIpc) is 3.88. The van der Waals surface area contributed by atoms with Crippen molar-refractivity contribution in [3.05, 3.63) is 191 Å². The minimum atomic E-state index is -0.00222. The molecule has 52 heavy (non-hydrogen) atoms. The van der Waals surface area contributed by atoms with Crippen molar-refractivity contribution in [2.45, 2.75) is 44.9 Å². The lowest BCUT2D eigenvalue weighted by molar-refractivity contribution is 0.507. The summed E-state index contributed by atoms with van der Waals surface area (Å²) in [5.41, 5.74) is 15.9. The van der Waals surface area contributed by atoms with E-state index in [1.807, 2.05) is 11.3 Å². The minimum absolute atomic E-state index is 0.00222. The number of para-hydroxylation sites is 3. The summed E-state index contributed by atoms with van der Waals surface area (Å²) in [6.45, 7) is 4.57. The van der Waals surface area contributed by atoms with Crippen LogP contribution in [0.2, 0.25) is 0 Å². The predicted molar refractivity (Wildman–Crippen MR) is 222 cm³/mol. The van der Waals surface area contributed by atoms with Gasteiger partial charge in [-0.15, -0.1) is 11.3 Å². The highest BCUT2D eigenvalue weighted by atomic mass is 32.1. The zero-order valence-corrected chi connectivity index (χ0v) is 30.5. The molecule has 252 valence electrons. The molecule has 7 aromatic carbocycles. The number of aryl methyl sites for hydroxylation is 4. The highest BCUT2D eigenvalue weighted by Crippen LogP contribution is 2.55. The second kappa shape index (κ2) is 12.3. The Hall–Kier alpha value is -5.64. The molecule has 0 unspecified atom stereocenters. The Morgan fingerprint density at radius 1 is 0.462 bits per heavy atom. The Balaban J connectivity index is 1.13. The number of anilines is 6. The van der Waals surface area contributed by atoms with Crippen LogP contribution in [-0.4, -0.2) is 0 Å². The van der Waals surface area contributed by atoms with Crippen molar-refractivity contribution in [1.82, 2.24) is 0 Å². The van der Waals surface area contributed by atoms with Gasteiger partial charge in [0.15, 0.2) is 0 Å². The van der Waals surface area contributed by atoms with E-state index in [1.54, 1.807) is 0 Å². The Morgan fingerprint density at radius 3 is 1.56 bits per heavy atom. The van der Waals surface area contributed by atoms with Crippen LogP contribution in [0, 0.1) is 13.8 Å². The van der Waals surface area contributed by atoms with Gasteiger partial charge < -0.3 is 9.80 Å². The lowest BCUT2D eigenvalue weighted by Gasteiger charge is -2.32. The third-order valence-electron chi connectivity index (χ3n) is 11.8.